The van der Waals surface area contributed by atoms with Crippen molar-refractivity contribution in [2.45, 2.75) is 13.3 Å². The third kappa shape index (κ3) is 4.03. The van der Waals surface area contributed by atoms with Crippen LogP contribution in [0.25, 0.3) is 0 Å². The molecule has 0 aliphatic carbocycles. The van der Waals surface area contributed by atoms with Gasteiger partial charge in [0.1, 0.15) is 0 Å². The lowest BCUT2D eigenvalue weighted by atomic mass is 10.1. The van der Waals surface area contributed by atoms with Crippen LogP contribution in [-0.2, 0) is 11.2 Å². The Bertz CT molecular complexity index is 387. The molecule has 0 saturated carbocycles. The quantitative estimate of drug-likeness (QED) is 0.827. The first-order valence-electron chi connectivity index (χ1n) is 6.45. The number of hydrogen-bond donors (Lipinski definition) is 2. The van der Waals surface area contributed by atoms with E-state index in [9.17, 15) is 4.79 Å². The Morgan fingerprint density at radius 3 is 2.67 bits per heavy atom. The van der Waals surface area contributed by atoms with E-state index in [0.29, 0.717) is 5.75 Å². The topological polar surface area (TPSA) is 41.1 Å². The van der Waals surface area contributed by atoms with E-state index in [0.717, 1.165) is 36.9 Å². The maximum atomic E-state index is 11.7. The van der Waals surface area contributed by atoms with Crippen LogP contribution in [0.1, 0.15) is 12.5 Å². The van der Waals surface area contributed by atoms with Gasteiger partial charge >= 0.3 is 0 Å². The van der Waals surface area contributed by atoms with Crippen molar-refractivity contribution in [3.05, 3.63) is 29.8 Å². The molecule has 1 aliphatic heterocycles. The van der Waals surface area contributed by atoms with E-state index in [1.165, 1.54) is 5.56 Å². The first-order valence-corrected chi connectivity index (χ1v) is 7.60. The molecule has 0 bridgehead atoms. The molecule has 1 aromatic carbocycles. The highest BCUT2D eigenvalue weighted by molar-refractivity contribution is 7.99. The average molecular weight is 264 g/mol. The standard InChI is InChI=1S/C14H20N2OS/c1-2-11-3-5-13(6-4-11)16-14(17)10-18-9-12-7-15-8-12/h3-6,12,15H,2,7-10H2,1H3,(H,16,17). The van der Waals surface area contributed by atoms with Gasteiger partial charge in [0.15, 0.2) is 0 Å². The van der Waals surface area contributed by atoms with Gasteiger partial charge in [-0.1, -0.05) is 19.1 Å². The van der Waals surface area contributed by atoms with Gasteiger partial charge in [0.25, 0.3) is 0 Å². The molecule has 1 amide bonds. The number of nitrogens with one attached hydrogen (secondary N) is 2. The van der Waals surface area contributed by atoms with E-state index in [2.05, 4.69) is 29.7 Å². The molecule has 0 unspecified atom stereocenters. The van der Waals surface area contributed by atoms with E-state index in [-0.39, 0.29) is 5.91 Å². The van der Waals surface area contributed by atoms with E-state index in [1.807, 2.05) is 12.1 Å². The van der Waals surface area contributed by atoms with Crippen LogP contribution < -0.4 is 10.6 Å². The molecule has 2 rings (SSSR count). The van der Waals surface area contributed by atoms with Crippen molar-refractivity contribution in [1.82, 2.24) is 5.32 Å². The predicted octanol–water partition coefficient (Wildman–Crippen LogP) is 2.14. The normalized spacial score (nSPS) is 15.2. The SMILES string of the molecule is CCc1ccc(NC(=O)CSCC2CNC2)cc1. The summed E-state index contributed by atoms with van der Waals surface area (Å²) in [6.07, 6.45) is 1.03. The van der Waals surface area contributed by atoms with Crippen LogP contribution in [0.2, 0.25) is 0 Å². The second-order valence-corrected chi connectivity index (χ2v) is 5.67. The Balaban J connectivity index is 1.68. The van der Waals surface area contributed by atoms with Crippen molar-refractivity contribution in [2.24, 2.45) is 5.92 Å². The van der Waals surface area contributed by atoms with E-state index >= 15 is 0 Å². The number of carbonyl (C=O) groups is 1. The van der Waals surface area contributed by atoms with Crippen LogP contribution in [0.5, 0.6) is 0 Å². The molecule has 0 spiro atoms. The summed E-state index contributed by atoms with van der Waals surface area (Å²) in [5.74, 6) is 2.48. The fraction of sp³-hybridized carbons (Fsp3) is 0.500. The first-order chi connectivity index (χ1) is 8.78. The lowest BCUT2D eigenvalue weighted by Crippen LogP contribution is -2.43. The third-order valence-corrected chi connectivity index (χ3v) is 4.27. The second-order valence-electron chi connectivity index (χ2n) is 4.64. The summed E-state index contributed by atoms with van der Waals surface area (Å²) in [5, 5.41) is 6.16. The molecule has 98 valence electrons. The Morgan fingerprint density at radius 2 is 2.11 bits per heavy atom. The lowest BCUT2D eigenvalue weighted by Gasteiger charge is -2.26. The van der Waals surface area contributed by atoms with E-state index < -0.39 is 0 Å². The molecule has 1 fully saturated rings. The minimum atomic E-state index is 0.0940. The van der Waals surface area contributed by atoms with Gasteiger partial charge in [-0.15, -0.1) is 0 Å². The fourth-order valence-corrected chi connectivity index (χ4v) is 2.75. The zero-order valence-electron chi connectivity index (χ0n) is 10.7. The lowest BCUT2D eigenvalue weighted by molar-refractivity contribution is -0.113. The Morgan fingerprint density at radius 1 is 1.39 bits per heavy atom. The van der Waals surface area contributed by atoms with Gasteiger partial charge < -0.3 is 10.6 Å². The van der Waals surface area contributed by atoms with Gasteiger partial charge in [-0.25, -0.2) is 0 Å². The summed E-state index contributed by atoms with van der Waals surface area (Å²) in [4.78, 5) is 11.7. The zero-order chi connectivity index (χ0) is 12.8. The third-order valence-electron chi connectivity index (χ3n) is 3.10. The minimum absolute atomic E-state index is 0.0940. The maximum Gasteiger partial charge on any atom is 0.234 e. The highest BCUT2D eigenvalue weighted by Gasteiger charge is 2.16. The van der Waals surface area contributed by atoms with Gasteiger partial charge in [0.05, 0.1) is 5.75 Å². The molecule has 1 aliphatic rings. The van der Waals surface area contributed by atoms with Crippen molar-refractivity contribution in [3.8, 4) is 0 Å². The monoisotopic (exact) mass is 264 g/mol. The fourth-order valence-electron chi connectivity index (χ4n) is 1.81. The molecule has 2 N–H and O–H groups in total. The molecule has 0 atom stereocenters. The molecule has 1 aromatic rings. The van der Waals surface area contributed by atoms with Crippen LogP contribution in [0, 0.1) is 5.92 Å². The Kier molecular flexibility index (Phi) is 5.08. The molecule has 1 saturated heterocycles. The van der Waals surface area contributed by atoms with Crippen LogP contribution in [0.15, 0.2) is 24.3 Å². The number of rotatable bonds is 6. The van der Waals surface area contributed by atoms with Crippen molar-refractivity contribution in [3.63, 3.8) is 0 Å². The van der Waals surface area contributed by atoms with Gasteiger partial charge in [-0.3, -0.25) is 4.79 Å². The first kappa shape index (κ1) is 13.4. The highest BCUT2D eigenvalue weighted by atomic mass is 32.2. The zero-order valence-corrected chi connectivity index (χ0v) is 11.6. The van der Waals surface area contributed by atoms with Crippen LogP contribution >= 0.6 is 11.8 Å². The van der Waals surface area contributed by atoms with Gasteiger partial charge in [-0.2, -0.15) is 11.8 Å². The number of hydrogen-bond acceptors (Lipinski definition) is 3. The number of thioether (sulfide) groups is 1. The summed E-state index contributed by atoms with van der Waals surface area (Å²) >= 11 is 1.72. The van der Waals surface area contributed by atoms with Crippen LogP contribution in [0.3, 0.4) is 0 Å². The molecular formula is C14H20N2OS. The largest absolute Gasteiger partial charge is 0.325 e. The van der Waals surface area contributed by atoms with Gasteiger partial charge in [0, 0.05) is 5.69 Å². The van der Waals surface area contributed by atoms with Crippen molar-refractivity contribution >= 4 is 23.4 Å². The molecule has 1 heterocycles. The van der Waals surface area contributed by atoms with Crippen molar-refractivity contribution in [1.29, 1.82) is 0 Å². The molecule has 3 nitrogen and oxygen atoms in total. The van der Waals surface area contributed by atoms with Crippen molar-refractivity contribution in [2.75, 3.05) is 29.9 Å². The summed E-state index contributed by atoms with van der Waals surface area (Å²) in [6.45, 7) is 4.33. The molecule has 0 radical (unpaired) electrons. The van der Waals surface area contributed by atoms with Crippen molar-refractivity contribution < 1.29 is 4.79 Å². The van der Waals surface area contributed by atoms with Gasteiger partial charge in [-0.05, 0) is 48.9 Å². The van der Waals surface area contributed by atoms with E-state index in [4.69, 9.17) is 0 Å². The molecular weight excluding hydrogens is 244 g/mol. The number of aryl methyl sites for hydroxylation is 1. The Hall–Kier alpha value is -1.00. The summed E-state index contributed by atoms with van der Waals surface area (Å²) < 4.78 is 0. The molecule has 18 heavy (non-hydrogen) atoms. The number of benzene rings is 1. The Labute approximate surface area is 113 Å². The number of anilines is 1. The predicted molar refractivity (Wildman–Crippen MR) is 78.1 cm³/mol. The summed E-state index contributed by atoms with van der Waals surface area (Å²) in [6, 6.07) is 8.06. The van der Waals surface area contributed by atoms with E-state index in [1.54, 1.807) is 11.8 Å². The number of carbonyl (C=O) groups excluding carboxylic acids is 1. The van der Waals surface area contributed by atoms with Crippen LogP contribution in [0.4, 0.5) is 5.69 Å². The smallest absolute Gasteiger partial charge is 0.234 e. The summed E-state index contributed by atoms with van der Waals surface area (Å²) in [7, 11) is 0. The molecule has 4 heteroatoms. The minimum Gasteiger partial charge on any atom is -0.325 e. The maximum absolute atomic E-state index is 11.7. The summed E-state index contributed by atoms with van der Waals surface area (Å²) in [5.41, 5.74) is 2.18. The second kappa shape index (κ2) is 6.81. The van der Waals surface area contributed by atoms with Gasteiger partial charge in [0.2, 0.25) is 5.91 Å². The average Bonchev–Trinajstić information content (AvgIpc) is 2.33. The molecule has 0 aromatic heterocycles. The highest BCUT2D eigenvalue weighted by Crippen LogP contribution is 2.14. The van der Waals surface area contributed by atoms with Crippen LogP contribution in [-0.4, -0.2) is 30.5 Å². The number of amides is 1.